The Balaban J connectivity index is 1.60. The van der Waals surface area contributed by atoms with Crippen LogP contribution in [0.15, 0.2) is 60.7 Å². The highest BCUT2D eigenvalue weighted by Crippen LogP contribution is 2.69. The molecule has 3 aliphatic carbocycles. The summed E-state index contributed by atoms with van der Waals surface area (Å²) in [4.78, 5) is 0. The van der Waals surface area contributed by atoms with Gasteiger partial charge in [-0.25, -0.2) is 0 Å². The SMILES string of the molecule is C=C1C(C)(C)[C@@H]2CC[C@@]1(CC1c3ccccc3-c3ccccc31)C2. The third kappa shape index (κ3) is 1.69. The van der Waals surface area contributed by atoms with E-state index in [0.717, 1.165) is 5.92 Å². The lowest BCUT2D eigenvalue weighted by molar-refractivity contribution is 0.258. The fourth-order valence-electron chi connectivity index (χ4n) is 6.13. The standard InChI is InChI=1S/C24H26/c1-16-23(2,3)17-12-13-24(16,14-17)15-22-20-10-6-4-8-18(20)19-9-5-7-11-21(19)22/h4-11,17,22H,1,12-15H2,2-3H3/t17-,24+/m1/s1. The molecule has 122 valence electrons. The summed E-state index contributed by atoms with van der Waals surface area (Å²) in [7, 11) is 0. The molecule has 2 aromatic rings. The average Bonchev–Trinajstić information content (AvgIpc) is 3.21. The number of hydrogen-bond acceptors (Lipinski definition) is 0. The van der Waals surface area contributed by atoms with Crippen LogP contribution in [0.1, 0.15) is 56.6 Å². The minimum absolute atomic E-state index is 0.329. The Morgan fingerprint density at radius 1 is 0.958 bits per heavy atom. The van der Waals surface area contributed by atoms with E-state index in [-0.39, 0.29) is 0 Å². The molecule has 5 rings (SSSR count). The van der Waals surface area contributed by atoms with Gasteiger partial charge in [-0.15, -0.1) is 0 Å². The second kappa shape index (κ2) is 4.63. The third-order valence-electron chi connectivity index (χ3n) is 7.60. The van der Waals surface area contributed by atoms with Crippen LogP contribution in [-0.2, 0) is 0 Å². The van der Waals surface area contributed by atoms with Crippen molar-refractivity contribution in [1.82, 2.24) is 0 Å². The van der Waals surface area contributed by atoms with E-state index in [4.69, 9.17) is 0 Å². The summed E-state index contributed by atoms with van der Waals surface area (Å²) >= 11 is 0. The maximum absolute atomic E-state index is 4.62. The highest BCUT2D eigenvalue weighted by Gasteiger charge is 2.57. The molecule has 0 unspecified atom stereocenters. The molecule has 0 N–H and O–H groups in total. The van der Waals surface area contributed by atoms with E-state index >= 15 is 0 Å². The maximum Gasteiger partial charge on any atom is 0.0110 e. The van der Waals surface area contributed by atoms with Crippen LogP contribution in [0.4, 0.5) is 0 Å². The van der Waals surface area contributed by atoms with Crippen LogP contribution in [0, 0.1) is 16.7 Å². The second-order valence-corrected chi connectivity index (χ2v) is 8.85. The van der Waals surface area contributed by atoms with Gasteiger partial charge in [0.1, 0.15) is 0 Å². The van der Waals surface area contributed by atoms with Crippen molar-refractivity contribution in [2.45, 2.75) is 45.4 Å². The van der Waals surface area contributed by atoms with Crippen molar-refractivity contribution in [3.63, 3.8) is 0 Å². The average molecular weight is 314 g/mol. The van der Waals surface area contributed by atoms with Crippen molar-refractivity contribution in [2.75, 3.05) is 0 Å². The van der Waals surface area contributed by atoms with Gasteiger partial charge in [0.05, 0.1) is 0 Å². The van der Waals surface area contributed by atoms with Gasteiger partial charge in [0.2, 0.25) is 0 Å². The van der Waals surface area contributed by atoms with Gasteiger partial charge >= 0.3 is 0 Å². The zero-order valence-corrected chi connectivity index (χ0v) is 14.8. The molecule has 0 spiro atoms. The van der Waals surface area contributed by atoms with E-state index < -0.39 is 0 Å². The predicted octanol–water partition coefficient (Wildman–Crippen LogP) is 6.57. The summed E-state index contributed by atoms with van der Waals surface area (Å²) in [5, 5.41) is 0. The van der Waals surface area contributed by atoms with Crippen LogP contribution >= 0.6 is 0 Å². The smallest absolute Gasteiger partial charge is 0.0110 e. The lowest BCUT2D eigenvalue weighted by atomic mass is 9.65. The summed E-state index contributed by atoms with van der Waals surface area (Å²) in [6.07, 6.45) is 5.35. The van der Waals surface area contributed by atoms with Crippen LogP contribution in [0.25, 0.3) is 11.1 Å². The summed E-state index contributed by atoms with van der Waals surface area (Å²) < 4.78 is 0. The molecule has 3 aliphatic rings. The summed E-state index contributed by atoms with van der Waals surface area (Å²) in [6, 6.07) is 18.1. The van der Waals surface area contributed by atoms with Crippen molar-refractivity contribution in [3.05, 3.63) is 71.8 Å². The second-order valence-electron chi connectivity index (χ2n) is 8.85. The van der Waals surface area contributed by atoms with Crippen LogP contribution in [0.3, 0.4) is 0 Å². The zero-order chi connectivity index (χ0) is 16.5. The zero-order valence-electron chi connectivity index (χ0n) is 14.8. The molecule has 0 saturated heterocycles. The number of allylic oxidation sites excluding steroid dienone is 1. The highest BCUT2D eigenvalue weighted by molar-refractivity contribution is 5.78. The number of hydrogen-bond donors (Lipinski definition) is 0. The van der Waals surface area contributed by atoms with Crippen molar-refractivity contribution in [1.29, 1.82) is 0 Å². The monoisotopic (exact) mass is 314 g/mol. The molecule has 0 heterocycles. The lowest BCUT2D eigenvalue weighted by Gasteiger charge is -2.39. The van der Waals surface area contributed by atoms with Crippen LogP contribution in [0.5, 0.6) is 0 Å². The summed E-state index contributed by atoms with van der Waals surface area (Å²) in [5.41, 5.74) is 8.20. The van der Waals surface area contributed by atoms with Gasteiger partial charge in [-0.3, -0.25) is 0 Å². The first kappa shape index (κ1) is 14.5. The van der Waals surface area contributed by atoms with E-state index in [1.54, 1.807) is 0 Å². The van der Waals surface area contributed by atoms with Crippen molar-refractivity contribution in [3.8, 4) is 11.1 Å². The molecule has 2 aromatic carbocycles. The first-order chi connectivity index (χ1) is 11.5. The maximum atomic E-state index is 4.62. The van der Waals surface area contributed by atoms with E-state index in [9.17, 15) is 0 Å². The topological polar surface area (TPSA) is 0 Å². The van der Waals surface area contributed by atoms with Gasteiger partial charge < -0.3 is 0 Å². The molecular weight excluding hydrogens is 288 g/mol. The molecule has 0 aliphatic heterocycles. The Labute approximate surface area is 145 Å². The normalized spacial score (nSPS) is 29.8. The summed E-state index contributed by atoms with van der Waals surface area (Å²) in [6.45, 7) is 9.47. The van der Waals surface area contributed by atoms with Gasteiger partial charge in [-0.05, 0) is 64.7 Å². The fourth-order valence-corrected chi connectivity index (χ4v) is 6.13. The van der Waals surface area contributed by atoms with Gasteiger partial charge in [-0.2, -0.15) is 0 Å². The van der Waals surface area contributed by atoms with E-state index in [2.05, 4.69) is 69.0 Å². The molecule has 0 amide bonds. The molecule has 24 heavy (non-hydrogen) atoms. The molecule has 2 bridgehead atoms. The highest BCUT2D eigenvalue weighted by atomic mass is 14.6. The molecule has 2 fully saturated rings. The minimum Gasteiger partial charge on any atom is -0.0987 e. The van der Waals surface area contributed by atoms with Crippen LogP contribution < -0.4 is 0 Å². The van der Waals surface area contributed by atoms with Gasteiger partial charge in [0.25, 0.3) is 0 Å². The molecule has 0 radical (unpaired) electrons. The fraction of sp³-hybridized carbons (Fsp3) is 0.417. The molecule has 0 nitrogen and oxygen atoms in total. The Hall–Kier alpha value is -1.82. The van der Waals surface area contributed by atoms with Crippen LogP contribution in [-0.4, -0.2) is 0 Å². The third-order valence-corrected chi connectivity index (χ3v) is 7.60. The largest absolute Gasteiger partial charge is 0.0987 e. The summed E-state index contributed by atoms with van der Waals surface area (Å²) in [5.74, 6) is 1.39. The quantitative estimate of drug-likeness (QED) is 0.550. The molecule has 0 aromatic heterocycles. The first-order valence-electron chi connectivity index (χ1n) is 9.41. The Morgan fingerprint density at radius 3 is 2.08 bits per heavy atom. The minimum atomic E-state index is 0.329. The Kier molecular flexibility index (Phi) is 2.80. The first-order valence-corrected chi connectivity index (χ1v) is 9.41. The number of benzene rings is 2. The molecular formula is C24H26. The van der Waals surface area contributed by atoms with Gasteiger partial charge in [0, 0.05) is 5.92 Å². The van der Waals surface area contributed by atoms with Crippen molar-refractivity contribution in [2.24, 2.45) is 16.7 Å². The predicted molar refractivity (Wildman–Crippen MR) is 101 cm³/mol. The Bertz CT molecular complexity index is 795. The molecule has 0 heteroatoms. The molecule has 2 atom stereocenters. The van der Waals surface area contributed by atoms with E-state index in [0.29, 0.717) is 16.7 Å². The van der Waals surface area contributed by atoms with E-state index in [1.807, 2.05) is 0 Å². The number of fused-ring (bicyclic) bond motifs is 5. The van der Waals surface area contributed by atoms with E-state index in [1.165, 1.54) is 53.5 Å². The van der Waals surface area contributed by atoms with Crippen molar-refractivity contribution < 1.29 is 0 Å². The lowest BCUT2D eigenvalue weighted by Crippen LogP contribution is -2.28. The van der Waals surface area contributed by atoms with Gasteiger partial charge in [-0.1, -0.05) is 74.5 Å². The van der Waals surface area contributed by atoms with Crippen LogP contribution in [0.2, 0.25) is 0 Å². The molecule has 2 saturated carbocycles. The number of rotatable bonds is 2. The Morgan fingerprint density at radius 2 is 1.54 bits per heavy atom. The van der Waals surface area contributed by atoms with Gasteiger partial charge in [0.15, 0.2) is 0 Å². The van der Waals surface area contributed by atoms with Crippen molar-refractivity contribution >= 4 is 0 Å².